The van der Waals surface area contributed by atoms with Crippen LogP contribution in [-0.4, -0.2) is 70.0 Å². The Kier molecular flexibility index (Phi) is 8.34. The van der Waals surface area contributed by atoms with Gasteiger partial charge >= 0.3 is 0 Å². The molecule has 1 fully saturated rings. The Morgan fingerprint density at radius 2 is 1.90 bits per heavy atom. The molecule has 1 amide bonds. The van der Waals surface area contributed by atoms with Crippen LogP contribution in [-0.2, 0) is 6.54 Å². The monoisotopic (exact) mass is 554 g/mol. The number of hydrogen-bond donors (Lipinski definition) is 2. The number of hydrogen-bond acceptors (Lipinski definition) is 6. The van der Waals surface area contributed by atoms with E-state index >= 15 is 0 Å². The van der Waals surface area contributed by atoms with Gasteiger partial charge in [0.1, 0.15) is 17.0 Å². The Balaban J connectivity index is 1.37. The van der Waals surface area contributed by atoms with Gasteiger partial charge in [0, 0.05) is 50.0 Å². The number of anilines is 1. The van der Waals surface area contributed by atoms with Gasteiger partial charge in [-0.25, -0.2) is 14.4 Å². The van der Waals surface area contributed by atoms with Gasteiger partial charge in [-0.1, -0.05) is 12.0 Å². The minimum atomic E-state index is -0.477. The van der Waals surface area contributed by atoms with Crippen LogP contribution in [0.2, 0.25) is 0 Å². The van der Waals surface area contributed by atoms with Crippen LogP contribution in [0.5, 0.6) is 5.75 Å². The molecule has 8 nitrogen and oxygen atoms in total. The Morgan fingerprint density at radius 1 is 1.12 bits per heavy atom. The van der Waals surface area contributed by atoms with Gasteiger partial charge in [-0.05, 0) is 81.6 Å². The molecule has 0 saturated carbocycles. The maximum atomic E-state index is 13.9. The first-order valence-electron chi connectivity index (χ1n) is 13.8. The highest BCUT2D eigenvalue weighted by molar-refractivity contribution is 6.05. The van der Waals surface area contributed by atoms with Crippen LogP contribution in [0.15, 0.2) is 42.7 Å². The molecule has 0 radical (unpaired) electrons. The number of carbonyl (C=O) groups is 1. The number of piperazine rings is 1. The summed E-state index contributed by atoms with van der Waals surface area (Å²) in [7, 11) is 2.15. The fraction of sp³-hybridized carbons (Fsp3) is 0.344. The van der Waals surface area contributed by atoms with Crippen molar-refractivity contribution >= 4 is 22.8 Å². The van der Waals surface area contributed by atoms with E-state index in [0.717, 1.165) is 43.9 Å². The fourth-order valence-electron chi connectivity index (χ4n) is 4.74. The molecule has 41 heavy (non-hydrogen) atoms. The van der Waals surface area contributed by atoms with Crippen LogP contribution in [0.4, 0.5) is 10.1 Å². The number of carbonyl (C=O) groups excluding carboxylic acids is 1. The summed E-state index contributed by atoms with van der Waals surface area (Å²) in [6, 6.07) is 9.42. The third-order valence-electron chi connectivity index (χ3n) is 7.20. The van der Waals surface area contributed by atoms with Gasteiger partial charge in [-0.2, -0.15) is 0 Å². The Labute approximate surface area is 239 Å². The zero-order valence-corrected chi connectivity index (χ0v) is 24.1. The van der Waals surface area contributed by atoms with E-state index < -0.39 is 5.82 Å². The van der Waals surface area contributed by atoms with Crippen molar-refractivity contribution in [2.75, 3.05) is 38.5 Å². The number of rotatable bonds is 6. The van der Waals surface area contributed by atoms with Crippen LogP contribution in [0.1, 0.15) is 52.2 Å². The summed E-state index contributed by atoms with van der Waals surface area (Å²) in [6.07, 6.45) is 2.66. The maximum Gasteiger partial charge on any atom is 0.255 e. The average molecular weight is 555 g/mol. The zero-order valence-electron chi connectivity index (χ0n) is 24.1. The lowest BCUT2D eigenvalue weighted by molar-refractivity contribution is 0.102. The van der Waals surface area contributed by atoms with Gasteiger partial charge in [0.25, 0.3) is 5.91 Å². The number of benzene rings is 2. The van der Waals surface area contributed by atoms with Crippen LogP contribution >= 0.6 is 0 Å². The van der Waals surface area contributed by atoms with Crippen molar-refractivity contribution in [1.82, 2.24) is 24.8 Å². The molecular weight excluding hydrogens is 519 g/mol. The van der Waals surface area contributed by atoms with Gasteiger partial charge in [-0.15, -0.1) is 0 Å². The van der Waals surface area contributed by atoms with E-state index in [4.69, 9.17) is 4.74 Å². The first-order chi connectivity index (χ1) is 19.7. The molecule has 3 heterocycles. The summed E-state index contributed by atoms with van der Waals surface area (Å²) in [4.78, 5) is 29.3. The molecule has 0 aliphatic carbocycles. The maximum absolute atomic E-state index is 13.9. The number of ether oxygens (including phenoxy) is 1. The average Bonchev–Trinajstić information content (AvgIpc) is 3.31. The van der Waals surface area contributed by atoms with Crippen LogP contribution in [0, 0.1) is 31.5 Å². The second kappa shape index (κ2) is 12.1. The molecule has 5 rings (SSSR count). The summed E-state index contributed by atoms with van der Waals surface area (Å²) in [5, 5.41) is 3.05. The van der Waals surface area contributed by atoms with Gasteiger partial charge in [0.2, 0.25) is 0 Å². The number of aromatic nitrogens is 3. The Hall–Kier alpha value is -4.26. The highest BCUT2D eigenvalue weighted by atomic mass is 19.1. The molecule has 2 aromatic heterocycles. The summed E-state index contributed by atoms with van der Waals surface area (Å²) in [6.45, 7) is 12.9. The summed E-state index contributed by atoms with van der Waals surface area (Å²) in [5.41, 5.74) is 5.82. The molecule has 212 valence electrons. The lowest BCUT2D eigenvalue weighted by atomic mass is 10.0. The molecular formula is C32H35FN6O2. The number of H-pyrrole nitrogens is 1. The second-order valence-corrected chi connectivity index (χ2v) is 10.8. The molecule has 1 aliphatic heterocycles. The van der Waals surface area contributed by atoms with Crippen molar-refractivity contribution in [3.8, 4) is 17.6 Å². The second-order valence-electron chi connectivity index (χ2n) is 10.8. The zero-order chi connectivity index (χ0) is 29.1. The summed E-state index contributed by atoms with van der Waals surface area (Å²) in [5.74, 6) is 5.92. The van der Waals surface area contributed by atoms with E-state index in [-0.39, 0.29) is 17.5 Å². The van der Waals surface area contributed by atoms with E-state index in [0.29, 0.717) is 33.9 Å². The van der Waals surface area contributed by atoms with Gasteiger partial charge < -0.3 is 19.9 Å². The first-order valence-corrected chi connectivity index (χ1v) is 13.8. The molecule has 1 saturated heterocycles. The molecule has 4 aromatic rings. The topological polar surface area (TPSA) is 86.4 Å². The van der Waals surface area contributed by atoms with Crippen molar-refractivity contribution in [1.29, 1.82) is 0 Å². The molecule has 0 bridgehead atoms. The van der Waals surface area contributed by atoms with E-state index in [9.17, 15) is 9.18 Å². The van der Waals surface area contributed by atoms with Crippen molar-refractivity contribution < 1.29 is 13.9 Å². The highest BCUT2D eigenvalue weighted by Gasteiger charge is 2.18. The predicted molar refractivity (Wildman–Crippen MR) is 159 cm³/mol. The Bertz CT molecular complexity index is 1640. The SMILES string of the molecule is Cc1ccc(C(=O)Nc2cc(C)c(CN3CCN(C)CC3)cc2OC(C)C)cc1C#Cc1cnc2[nH]cc(F)c2n1. The third kappa shape index (κ3) is 6.73. The fourth-order valence-corrected chi connectivity index (χ4v) is 4.74. The lowest BCUT2D eigenvalue weighted by Crippen LogP contribution is -2.43. The number of amides is 1. The number of likely N-dealkylation sites (N-methyl/N-ethyl adjacent to an activating group) is 1. The standard InChI is InChI=1S/C32H35FN6O2/c1-20(2)41-29-16-25(19-39-12-10-38(5)11-13-39)22(4)14-28(29)37-32(40)24-7-6-21(3)23(15-24)8-9-26-17-34-31-30(36-26)27(33)18-35-31/h6-7,14-18,20H,10-13,19H2,1-5H3,(H,34,35)(H,37,40). The summed E-state index contributed by atoms with van der Waals surface area (Å²) >= 11 is 0. The van der Waals surface area contributed by atoms with E-state index in [1.54, 1.807) is 12.1 Å². The molecule has 0 atom stereocenters. The van der Waals surface area contributed by atoms with Crippen LogP contribution < -0.4 is 10.1 Å². The molecule has 9 heteroatoms. The number of nitrogens with zero attached hydrogens (tertiary/aromatic N) is 4. The van der Waals surface area contributed by atoms with Crippen molar-refractivity contribution in [2.24, 2.45) is 0 Å². The van der Waals surface area contributed by atoms with Crippen LogP contribution in [0.25, 0.3) is 11.2 Å². The van der Waals surface area contributed by atoms with Crippen LogP contribution in [0.3, 0.4) is 0 Å². The number of halogens is 1. The van der Waals surface area contributed by atoms with E-state index in [1.165, 1.54) is 18.0 Å². The van der Waals surface area contributed by atoms with E-state index in [1.807, 2.05) is 32.9 Å². The number of nitrogens with one attached hydrogen (secondary N) is 2. The lowest BCUT2D eigenvalue weighted by Gasteiger charge is -2.32. The van der Waals surface area contributed by atoms with Gasteiger partial charge in [0.15, 0.2) is 11.5 Å². The number of fused-ring (bicyclic) bond motifs is 1. The summed E-state index contributed by atoms with van der Waals surface area (Å²) < 4.78 is 20.0. The third-order valence-corrected chi connectivity index (χ3v) is 7.20. The Morgan fingerprint density at radius 3 is 2.66 bits per heavy atom. The molecule has 0 unspecified atom stereocenters. The van der Waals surface area contributed by atoms with E-state index in [2.05, 4.69) is 61.9 Å². The smallest absolute Gasteiger partial charge is 0.255 e. The minimum absolute atomic E-state index is 0.0480. The highest BCUT2D eigenvalue weighted by Crippen LogP contribution is 2.31. The predicted octanol–water partition coefficient (Wildman–Crippen LogP) is 4.90. The normalized spacial score (nSPS) is 14.2. The molecule has 2 aromatic carbocycles. The molecule has 0 spiro atoms. The van der Waals surface area contributed by atoms with Gasteiger partial charge in [0.05, 0.1) is 18.0 Å². The largest absolute Gasteiger partial charge is 0.489 e. The van der Waals surface area contributed by atoms with Crippen molar-refractivity contribution in [3.05, 3.63) is 82.1 Å². The number of aromatic amines is 1. The number of aryl methyl sites for hydroxylation is 2. The minimum Gasteiger partial charge on any atom is -0.489 e. The van der Waals surface area contributed by atoms with Gasteiger partial charge in [-0.3, -0.25) is 9.69 Å². The van der Waals surface area contributed by atoms with Crippen molar-refractivity contribution in [3.63, 3.8) is 0 Å². The molecule has 2 N–H and O–H groups in total. The molecule has 1 aliphatic rings. The first kappa shape index (κ1) is 28.3. The van der Waals surface area contributed by atoms with Crippen molar-refractivity contribution in [2.45, 2.75) is 40.3 Å². The quantitative estimate of drug-likeness (QED) is 0.330.